The summed E-state index contributed by atoms with van der Waals surface area (Å²) in [4.78, 5) is 16.7. The molecule has 0 unspecified atom stereocenters. The van der Waals surface area contributed by atoms with E-state index >= 15 is 0 Å². The van der Waals surface area contributed by atoms with E-state index in [-0.39, 0.29) is 5.41 Å². The minimum absolute atomic E-state index is 0.115. The summed E-state index contributed by atoms with van der Waals surface area (Å²) >= 11 is 0. The fourth-order valence-electron chi connectivity index (χ4n) is 2.96. The molecule has 134 valence electrons. The molecular weight excluding hydrogens is 328 g/mol. The minimum Gasteiger partial charge on any atom is -0.384 e. The highest BCUT2D eigenvalue weighted by Gasteiger charge is 2.17. The maximum absolute atomic E-state index is 5.19. The monoisotopic (exact) mass is 350 g/mol. The van der Waals surface area contributed by atoms with E-state index in [9.17, 15) is 0 Å². The number of aromatic amines is 1. The Hall–Kier alpha value is -2.80. The fourth-order valence-corrected chi connectivity index (χ4v) is 2.96. The van der Waals surface area contributed by atoms with Crippen molar-refractivity contribution in [1.82, 2.24) is 29.5 Å². The van der Waals surface area contributed by atoms with Crippen molar-refractivity contribution in [1.29, 1.82) is 0 Å². The van der Waals surface area contributed by atoms with Gasteiger partial charge in [0.25, 0.3) is 0 Å². The molecule has 0 radical (unpaired) electrons. The number of ether oxygens (including phenoxy) is 1. The first-order chi connectivity index (χ1) is 12.5. The van der Waals surface area contributed by atoms with Crippen molar-refractivity contribution in [3.63, 3.8) is 0 Å². The van der Waals surface area contributed by atoms with E-state index in [0.29, 0.717) is 24.5 Å². The Bertz CT molecular complexity index is 1060. The summed E-state index contributed by atoms with van der Waals surface area (Å²) < 4.78 is 6.98. The number of hydrogen-bond acceptors (Lipinski definition) is 5. The standard InChI is InChI=1S/C19H22N6O/c1-19(2,3)13-7-5-12(6-8-13)16-23-18-15-17(21-11-20-15)22-14(9-10-26-4)25(18)24-16/h5-8,11H,9-10H2,1-4H3,(H,20,21). The largest absolute Gasteiger partial charge is 0.384 e. The lowest BCUT2D eigenvalue weighted by atomic mass is 9.87. The number of fused-ring (bicyclic) bond motifs is 3. The third-order valence-corrected chi connectivity index (χ3v) is 4.47. The first-order valence-corrected chi connectivity index (χ1v) is 8.66. The number of nitrogens with zero attached hydrogens (tertiary/aromatic N) is 5. The molecule has 0 spiro atoms. The lowest BCUT2D eigenvalue weighted by Crippen LogP contribution is -2.10. The van der Waals surface area contributed by atoms with Gasteiger partial charge in [-0.3, -0.25) is 0 Å². The minimum atomic E-state index is 0.115. The van der Waals surface area contributed by atoms with Gasteiger partial charge in [0.1, 0.15) is 11.3 Å². The summed E-state index contributed by atoms with van der Waals surface area (Å²) in [5.74, 6) is 1.46. The SMILES string of the molecule is COCCc1nc2nc[nH]c2c2nc(-c3ccc(C(C)(C)C)cc3)nn12. The van der Waals surface area contributed by atoms with Crippen molar-refractivity contribution in [2.24, 2.45) is 0 Å². The molecule has 0 aliphatic rings. The van der Waals surface area contributed by atoms with E-state index in [2.05, 4.69) is 60.0 Å². The first-order valence-electron chi connectivity index (χ1n) is 8.66. The molecule has 0 aliphatic carbocycles. The Morgan fingerprint density at radius 1 is 1.12 bits per heavy atom. The molecule has 0 atom stereocenters. The van der Waals surface area contributed by atoms with Gasteiger partial charge in [-0.2, -0.15) is 4.52 Å². The van der Waals surface area contributed by atoms with Crippen LogP contribution in [0.3, 0.4) is 0 Å². The topological polar surface area (TPSA) is 81.0 Å². The number of hydrogen-bond donors (Lipinski definition) is 1. The van der Waals surface area contributed by atoms with Crippen LogP contribution in [0.25, 0.3) is 28.2 Å². The smallest absolute Gasteiger partial charge is 0.185 e. The van der Waals surface area contributed by atoms with Crippen LogP contribution in [0.5, 0.6) is 0 Å². The molecule has 4 aromatic rings. The van der Waals surface area contributed by atoms with E-state index in [4.69, 9.17) is 14.8 Å². The molecular formula is C19H22N6O. The first kappa shape index (κ1) is 16.7. The van der Waals surface area contributed by atoms with Crippen molar-refractivity contribution < 1.29 is 4.74 Å². The Labute approximate surface area is 151 Å². The van der Waals surface area contributed by atoms with Crippen molar-refractivity contribution in [2.75, 3.05) is 13.7 Å². The molecule has 1 N–H and O–H groups in total. The zero-order valence-electron chi connectivity index (χ0n) is 15.4. The van der Waals surface area contributed by atoms with Crippen LogP contribution < -0.4 is 0 Å². The molecule has 7 nitrogen and oxygen atoms in total. The van der Waals surface area contributed by atoms with Crippen LogP contribution in [0.2, 0.25) is 0 Å². The summed E-state index contributed by atoms with van der Waals surface area (Å²) in [7, 11) is 1.67. The van der Waals surface area contributed by atoms with Crippen LogP contribution in [-0.2, 0) is 16.6 Å². The highest BCUT2D eigenvalue weighted by atomic mass is 16.5. The van der Waals surface area contributed by atoms with Gasteiger partial charge in [0.05, 0.1) is 12.9 Å². The number of rotatable bonds is 4. The molecule has 3 aromatic heterocycles. The van der Waals surface area contributed by atoms with Gasteiger partial charge in [0.2, 0.25) is 0 Å². The lowest BCUT2D eigenvalue weighted by molar-refractivity contribution is 0.200. The van der Waals surface area contributed by atoms with Gasteiger partial charge in [0.15, 0.2) is 17.1 Å². The van der Waals surface area contributed by atoms with Crippen LogP contribution in [0.15, 0.2) is 30.6 Å². The number of benzene rings is 1. The third-order valence-electron chi connectivity index (χ3n) is 4.47. The molecule has 0 amide bonds. The van der Waals surface area contributed by atoms with Crippen LogP contribution in [0, 0.1) is 0 Å². The van der Waals surface area contributed by atoms with Crippen molar-refractivity contribution >= 4 is 16.8 Å². The summed E-state index contributed by atoms with van der Waals surface area (Å²) in [6.45, 7) is 7.17. The number of methoxy groups -OCH3 is 1. The maximum Gasteiger partial charge on any atom is 0.185 e. The molecule has 4 rings (SSSR count). The van der Waals surface area contributed by atoms with E-state index in [1.165, 1.54) is 5.56 Å². The zero-order valence-corrected chi connectivity index (χ0v) is 15.4. The van der Waals surface area contributed by atoms with Crippen LogP contribution >= 0.6 is 0 Å². The Morgan fingerprint density at radius 2 is 1.88 bits per heavy atom. The maximum atomic E-state index is 5.19. The number of H-pyrrole nitrogens is 1. The molecule has 0 bridgehead atoms. The molecule has 1 aromatic carbocycles. The predicted octanol–water partition coefficient (Wildman–Crippen LogP) is 3.15. The summed E-state index contributed by atoms with van der Waals surface area (Å²) in [6, 6.07) is 8.41. The summed E-state index contributed by atoms with van der Waals surface area (Å²) in [6.07, 6.45) is 2.27. The van der Waals surface area contributed by atoms with E-state index in [0.717, 1.165) is 22.6 Å². The van der Waals surface area contributed by atoms with Gasteiger partial charge in [0, 0.05) is 19.1 Å². The van der Waals surface area contributed by atoms with Crippen molar-refractivity contribution in [3.8, 4) is 11.4 Å². The average Bonchev–Trinajstić information content (AvgIpc) is 3.25. The average molecular weight is 350 g/mol. The molecule has 0 saturated carbocycles. The van der Waals surface area contributed by atoms with Crippen molar-refractivity contribution in [3.05, 3.63) is 42.0 Å². The molecule has 0 saturated heterocycles. The number of imidazole rings is 1. The molecule has 26 heavy (non-hydrogen) atoms. The molecule has 0 aliphatic heterocycles. The van der Waals surface area contributed by atoms with Gasteiger partial charge in [-0.15, -0.1) is 5.10 Å². The normalized spacial score (nSPS) is 12.3. The highest BCUT2D eigenvalue weighted by molar-refractivity contribution is 5.85. The summed E-state index contributed by atoms with van der Waals surface area (Å²) in [5.41, 5.74) is 4.54. The van der Waals surface area contributed by atoms with Crippen LogP contribution in [0.1, 0.15) is 32.2 Å². The van der Waals surface area contributed by atoms with Gasteiger partial charge in [-0.05, 0) is 11.0 Å². The predicted molar refractivity (Wildman–Crippen MR) is 100 cm³/mol. The van der Waals surface area contributed by atoms with Crippen molar-refractivity contribution in [2.45, 2.75) is 32.6 Å². The number of nitrogens with one attached hydrogen (secondary N) is 1. The fraction of sp³-hybridized carbons (Fsp3) is 0.368. The molecule has 0 fully saturated rings. The summed E-state index contributed by atoms with van der Waals surface area (Å²) in [5, 5.41) is 4.70. The second-order valence-corrected chi connectivity index (χ2v) is 7.37. The molecule has 3 heterocycles. The second kappa shape index (κ2) is 6.17. The van der Waals surface area contributed by atoms with Gasteiger partial charge < -0.3 is 9.72 Å². The third kappa shape index (κ3) is 2.84. The quantitative estimate of drug-likeness (QED) is 0.611. The van der Waals surface area contributed by atoms with Gasteiger partial charge >= 0.3 is 0 Å². The van der Waals surface area contributed by atoms with Crippen LogP contribution in [-0.4, -0.2) is 43.3 Å². The number of aromatic nitrogens is 6. The highest BCUT2D eigenvalue weighted by Crippen LogP contribution is 2.26. The second-order valence-electron chi connectivity index (χ2n) is 7.37. The Kier molecular flexibility index (Phi) is 3.96. The Balaban J connectivity index is 1.84. The van der Waals surface area contributed by atoms with E-state index in [1.54, 1.807) is 18.0 Å². The van der Waals surface area contributed by atoms with Crippen LogP contribution in [0.4, 0.5) is 0 Å². The zero-order chi connectivity index (χ0) is 18.3. The van der Waals surface area contributed by atoms with Gasteiger partial charge in [-0.1, -0.05) is 45.0 Å². The molecule has 7 heteroatoms. The van der Waals surface area contributed by atoms with E-state index < -0.39 is 0 Å². The van der Waals surface area contributed by atoms with Gasteiger partial charge in [-0.25, -0.2) is 15.0 Å². The lowest BCUT2D eigenvalue weighted by Gasteiger charge is -2.18. The van der Waals surface area contributed by atoms with E-state index in [1.807, 2.05) is 0 Å². The Morgan fingerprint density at radius 3 is 2.58 bits per heavy atom.